The van der Waals surface area contributed by atoms with Crippen LogP contribution in [-0.4, -0.2) is 28.0 Å². The van der Waals surface area contributed by atoms with Gasteiger partial charge in [-0.05, 0) is 66.6 Å². The first kappa shape index (κ1) is 31.1. The van der Waals surface area contributed by atoms with Gasteiger partial charge in [0.05, 0.1) is 20.3 Å². The number of pyridine rings is 1. The Labute approximate surface area is 262 Å². The number of thioether (sulfide) groups is 1. The fourth-order valence-electron chi connectivity index (χ4n) is 3.72. The molecule has 42 heavy (non-hydrogen) atoms. The van der Waals surface area contributed by atoms with Crippen molar-refractivity contribution in [1.82, 2.24) is 10.3 Å². The molecular formula is C31H25Cl3N4O3S. The first-order chi connectivity index (χ1) is 20.2. The van der Waals surface area contributed by atoms with Crippen molar-refractivity contribution in [2.24, 2.45) is 0 Å². The Morgan fingerprint density at radius 3 is 2.38 bits per heavy atom. The lowest BCUT2D eigenvalue weighted by Gasteiger charge is -2.16. The molecule has 0 spiro atoms. The molecular weight excluding hydrogens is 615 g/mol. The maximum atomic E-state index is 13.4. The molecule has 11 heteroatoms. The largest absolute Gasteiger partial charge is 0.321 e. The SMILES string of the molecule is CCC(Sc1cccc(NC(=O)/C(=C\c2cccc(Cl)c2Cl)NC(=O)c2ccccc2)c1)C(=O)Nc1ccc(Cl)cn1. The molecule has 0 aliphatic heterocycles. The minimum absolute atomic E-state index is 0.0349. The molecule has 0 saturated heterocycles. The van der Waals surface area contributed by atoms with Crippen molar-refractivity contribution >= 4 is 81.9 Å². The van der Waals surface area contributed by atoms with Crippen LogP contribution in [0.4, 0.5) is 11.5 Å². The second-order valence-electron chi connectivity index (χ2n) is 8.87. The molecule has 1 unspecified atom stereocenters. The fourth-order valence-corrected chi connectivity index (χ4v) is 5.21. The van der Waals surface area contributed by atoms with Gasteiger partial charge in [0.1, 0.15) is 11.5 Å². The van der Waals surface area contributed by atoms with E-state index < -0.39 is 17.1 Å². The molecule has 3 amide bonds. The number of hydrogen-bond acceptors (Lipinski definition) is 5. The lowest BCUT2D eigenvalue weighted by atomic mass is 10.1. The van der Waals surface area contributed by atoms with E-state index in [-0.39, 0.29) is 16.6 Å². The number of nitrogens with one attached hydrogen (secondary N) is 3. The average Bonchev–Trinajstić information content (AvgIpc) is 2.99. The maximum Gasteiger partial charge on any atom is 0.272 e. The Hall–Kier alpha value is -3.82. The monoisotopic (exact) mass is 638 g/mol. The highest BCUT2D eigenvalue weighted by molar-refractivity contribution is 8.00. The van der Waals surface area contributed by atoms with Crippen LogP contribution >= 0.6 is 46.6 Å². The van der Waals surface area contributed by atoms with Gasteiger partial charge in [-0.1, -0.05) is 78.1 Å². The minimum Gasteiger partial charge on any atom is -0.321 e. The lowest BCUT2D eigenvalue weighted by molar-refractivity contribution is -0.116. The van der Waals surface area contributed by atoms with Crippen LogP contribution in [0.5, 0.6) is 0 Å². The maximum absolute atomic E-state index is 13.4. The summed E-state index contributed by atoms with van der Waals surface area (Å²) < 4.78 is 0. The van der Waals surface area contributed by atoms with Crippen molar-refractivity contribution in [2.45, 2.75) is 23.5 Å². The summed E-state index contributed by atoms with van der Waals surface area (Å²) in [6.07, 6.45) is 3.48. The van der Waals surface area contributed by atoms with Gasteiger partial charge in [-0.25, -0.2) is 4.98 Å². The van der Waals surface area contributed by atoms with Crippen molar-refractivity contribution in [3.8, 4) is 0 Å². The fraction of sp³-hybridized carbons (Fsp3) is 0.0968. The van der Waals surface area contributed by atoms with Crippen LogP contribution in [0.2, 0.25) is 15.1 Å². The normalized spacial score (nSPS) is 11.9. The topological polar surface area (TPSA) is 100 Å². The zero-order valence-corrected chi connectivity index (χ0v) is 25.3. The number of halogens is 3. The van der Waals surface area contributed by atoms with Crippen LogP contribution < -0.4 is 16.0 Å². The van der Waals surface area contributed by atoms with Crippen molar-refractivity contribution < 1.29 is 14.4 Å². The number of anilines is 2. The third-order valence-corrected chi connectivity index (χ3v) is 8.24. The number of amides is 3. The summed E-state index contributed by atoms with van der Waals surface area (Å²) >= 11 is 19.7. The molecule has 214 valence electrons. The molecule has 0 aliphatic rings. The van der Waals surface area contributed by atoms with E-state index in [2.05, 4.69) is 20.9 Å². The number of hydrogen-bond donors (Lipinski definition) is 3. The molecule has 0 radical (unpaired) electrons. The van der Waals surface area contributed by atoms with Gasteiger partial charge in [0, 0.05) is 22.3 Å². The number of carbonyl (C=O) groups excluding carboxylic acids is 3. The first-order valence-corrected chi connectivity index (χ1v) is 14.8. The second-order valence-corrected chi connectivity index (χ2v) is 11.4. The van der Waals surface area contributed by atoms with E-state index in [0.29, 0.717) is 39.1 Å². The number of rotatable bonds is 10. The first-order valence-electron chi connectivity index (χ1n) is 12.8. The quantitative estimate of drug-likeness (QED) is 0.121. The second kappa shape index (κ2) is 14.9. The molecule has 3 aromatic carbocycles. The summed E-state index contributed by atoms with van der Waals surface area (Å²) in [5.41, 5.74) is 1.27. The Balaban J connectivity index is 1.52. The highest BCUT2D eigenvalue weighted by atomic mass is 35.5. The standard InChI is InChI=1S/C31H25Cl3N4O3S/c1-2-26(31(41)38-27-15-14-21(32)18-35-27)42-23-12-7-11-22(17-23)36-30(40)25(16-20-10-6-13-24(33)28(20)34)37-29(39)19-8-4-3-5-9-19/h3-18,26H,2H2,1H3,(H,36,40)(H,37,39)(H,35,38,41)/b25-16+. The van der Waals surface area contributed by atoms with Crippen molar-refractivity contribution in [2.75, 3.05) is 10.6 Å². The summed E-state index contributed by atoms with van der Waals surface area (Å²) in [5, 5.41) is 8.92. The summed E-state index contributed by atoms with van der Waals surface area (Å²) in [4.78, 5) is 44.1. The Bertz CT molecular complexity index is 1620. The van der Waals surface area contributed by atoms with Gasteiger partial charge in [0.15, 0.2) is 0 Å². The molecule has 0 fully saturated rings. The lowest BCUT2D eigenvalue weighted by Crippen LogP contribution is -2.30. The molecule has 1 aromatic heterocycles. The molecule has 0 saturated carbocycles. The van der Waals surface area contributed by atoms with E-state index in [9.17, 15) is 14.4 Å². The minimum atomic E-state index is -0.573. The highest BCUT2D eigenvalue weighted by Crippen LogP contribution is 2.30. The average molecular weight is 640 g/mol. The smallest absolute Gasteiger partial charge is 0.272 e. The Morgan fingerprint density at radius 1 is 0.905 bits per heavy atom. The Kier molecular flexibility index (Phi) is 11.0. The number of carbonyl (C=O) groups is 3. The van der Waals surface area contributed by atoms with Crippen LogP contribution in [0.15, 0.2) is 102 Å². The Morgan fingerprint density at radius 2 is 1.67 bits per heavy atom. The van der Waals surface area contributed by atoms with E-state index in [1.807, 2.05) is 13.0 Å². The predicted octanol–water partition coefficient (Wildman–Crippen LogP) is 7.96. The van der Waals surface area contributed by atoms with Gasteiger partial charge >= 0.3 is 0 Å². The number of aromatic nitrogens is 1. The van der Waals surface area contributed by atoms with Gasteiger partial charge in [0.25, 0.3) is 11.8 Å². The van der Waals surface area contributed by atoms with E-state index in [0.717, 1.165) is 4.90 Å². The molecule has 4 rings (SSSR count). The summed E-state index contributed by atoms with van der Waals surface area (Å²) in [7, 11) is 0. The van der Waals surface area contributed by atoms with Crippen LogP contribution in [0, 0.1) is 0 Å². The van der Waals surface area contributed by atoms with Crippen LogP contribution in [0.25, 0.3) is 6.08 Å². The molecule has 7 nitrogen and oxygen atoms in total. The highest BCUT2D eigenvalue weighted by Gasteiger charge is 2.20. The predicted molar refractivity (Wildman–Crippen MR) is 171 cm³/mol. The molecule has 0 bridgehead atoms. The molecule has 1 heterocycles. The van der Waals surface area contributed by atoms with Crippen LogP contribution in [0.3, 0.4) is 0 Å². The van der Waals surface area contributed by atoms with E-state index in [1.54, 1.807) is 78.9 Å². The van der Waals surface area contributed by atoms with Crippen LogP contribution in [-0.2, 0) is 9.59 Å². The van der Waals surface area contributed by atoms with Crippen molar-refractivity contribution in [3.05, 3.63) is 123 Å². The van der Waals surface area contributed by atoms with Gasteiger partial charge in [-0.15, -0.1) is 11.8 Å². The number of nitrogens with zero attached hydrogens (tertiary/aromatic N) is 1. The molecule has 4 aromatic rings. The zero-order chi connectivity index (χ0) is 30.1. The summed E-state index contributed by atoms with van der Waals surface area (Å²) in [6, 6.07) is 23.9. The van der Waals surface area contributed by atoms with Crippen molar-refractivity contribution in [3.63, 3.8) is 0 Å². The van der Waals surface area contributed by atoms with Crippen LogP contribution in [0.1, 0.15) is 29.3 Å². The zero-order valence-electron chi connectivity index (χ0n) is 22.2. The van der Waals surface area contributed by atoms with E-state index >= 15 is 0 Å². The molecule has 0 aliphatic carbocycles. The summed E-state index contributed by atoms with van der Waals surface area (Å²) in [6.45, 7) is 1.91. The van der Waals surface area contributed by atoms with Gasteiger partial charge in [-0.3, -0.25) is 14.4 Å². The van der Waals surface area contributed by atoms with Crippen molar-refractivity contribution in [1.29, 1.82) is 0 Å². The summed E-state index contributed by atoms with van der Waals surface area (Å²) in [5.74, 6) is -0.845. The number of benzene rings is 3. The van der Waals surface area contributed by atoms with Gasteiger partial charge in [-0.2, -0.15) is 0 Å². The van der Waals surface area contributed by atoms with E-state index in [4.69, 9.17) is 34.8 Å². The third kappa shape index (κ3) is 8.59. The molecule has 3 N–H and O–H groups in total. The van der Waals surface area contributed by atoms with Gasteiger partial charge in [0.2, 0.25) is 5.91 Å². The third-order valence-electron chi connectivity index (χ3n) is 5.82. The van der Waals surface area contributed by atoms with Gasteiger partial charge < -0.3 is 16.0 Å². The molecule has 1 atom stereocenters. The van der Waals surface area contributed by atoms with E-state index in [1.165, 1.54) is 24.0 Å².